The van der Waals surface area contributed by atoms with Crippen molar-refractivity contribution in [2.75, 3.05) is 55.7 Å². The molecule has 10 heteroatoms. The summed E-state index contributed by atoms with van der Waals surface area (Å²) in [5, 5.41) is 3.63. The van der Waals surface area contributed by atoms with E-state index in [-0.39, 0.29) is 6.04 Å². The summed E-state index contributed by atoms with van der Waals surface area (Å²) in [5.41, 5.74) is 4.88. The third-order valence-corrected chi connectivity index (χ3v) is 9.09. The maximum Gasteiger partial charge on any atom is 0.422 e. The number of alkyl halides is 3. The molecule has 0 bridgehead atoms. The highest BCUT2D eigenvalue weighted by Crippen LogP contribution is 2.34. The summed E-state index contributed by atoms with van der Waals surface area (Å²) < 4.78 is 40.9. The van der Waals surface area contributed by atoms with Crippen molar-refractivity contribution in [1.82, 2.24) is 10.2 Å². The van der Waals surface area contributed by atoms with Crippen molar-refractivity contribution >= 4 is 23.3 Å². The number of nitrogens with one attached hydrogen (secondary N) is 1. The first kappa shape index (κ1) is 32.1. The zero-order chi connectivity index (χ0) is 30.9. The number of carbonyl (C=O) groups is 2. The molecular weight excluding hydrogens is 569 g/mol. The fourth-order valence-electron chi connectivity index (χ4n) is 6.80. The van der Waals surface area contributed by atoms with Crippen LogP contribution in [-0.4, -0.2) is 68.8 Å². The van der Waals surface area contributed by atoms with Crippen LogP contribution in [0.3, 0.4) is 0 Å². The zero-order valence-corrected chi connectivity index (χ0v) is 25.5. The first-order valence-corrected chi connectivity index (χ1v) is 16.3. The summed E-state index contributed by atoms with van der Waals surface area (Å²) in [5.74, 6) is -2.45. The molecule has 0 aliphatic carbocycles. The van der Waals surface area contributed by atoms with Crippen LogP contribution in [0.4, 0.5) is 24.5 Å². The van der Waals surface area contributed by atoms with Gasteiger partial charge in [0.1, 0.15) is 0 Å². The van der Waals surface area contributed by atoms with Crippen molar-refractivity contribution in [1.29, 1.82) is 0 Å². The van der Waals surface area contributed by atoms with Crippen molar-refractivity contribution in [3.05, 3.63) is 59.7 Å². The van der Waals surface area contributed by atoms with Crippen LogP contribution in [0, 0.1) is 0 Å². The number of anilines is 2. The first-order chi connectivity index (χ1) is 21.3. The molecule has 0 radical (unpaired) electrons. The fourth-order valence-corrected chi connectivity index (χ4v) is 6.80. The van der Waals surface area contributed by atoms with Crippen molar-refractivity contribution in [3.63, 3.8) is 0 Å². The van der Waals surface area contributed by atoms with Gasteiger partial charge in [-0.25, -0.2) is 4.79 Å². The van der Waals surface area contributed by atoms with Crippen LogP contribution in [0.1, 0.15) is 87.4 Å². The van der Waals surface area contributed by atoms with Gasteiger partial charge in [0, 0.05) is 50.1 Å². The Balaban J connectivity index is 0.000000193. The van der Waals surface area contributed by atoms with Crippen LogP contribution in [0.15, 0.2) is 48.5 Å². The average Bonchev–Trinajstić information content (AvgIpc) is 3.80. The van der Waals surface area contributed by atoms with Gasteiger partial charge in [0.05, 0.1) is 6.04 Å². The summed E-state index contributed by atoms with van der Waals surface area (Å²) in [6.07, 6.45) is 6.60. The highest BCUT2D eigenvalue weighted by Gasteiger charge is 2.36. The normalized spacial score (nSPS) is 22.4. The predicted octanol–water partition coefficient (Wildman–Crippen LogP) is 6.55. The number of hydrogen-bond donors (Lipinski definition) is 1. The molecule has 4 heterocycles. The molecule has 2 aromatic carbocycles. The standard InChI is InChI=1S/C19H23F3N2O3.C15H22N2/c20-19(21,22)13-27-18(26)17(25)24-11-2-1-8-16(24)14-6-5-7-15(12-14)23-9-3-4-10-23;1-2-9-16-15(8-1)13-6-5-7-14(12-13)17-10-3-4-11-17/h5-7,12,16H,1-4,8-11,13H2;5-7,12,15-16H,1-4,8-11H2. The highest BCUT2D eigenvalue weighted by molar-refractivity contribution is 6.32. The van der Waals surface area contributed by atoms with E-state index in [1.807, 2.05) is 24.3 Å². The van der Waals surface area contributed by atoms with Gasteiger partial charge < -0.3 is 24.8 Å². The lowest BCUT2D eigenvalue weighted by molar-refractivity contribution is -0.190. The lowest BCUT2D eigenvalue weighted by Gasteiger charge is -2.35. The van der Waals surface area contributed by atoms with E-state index < -0.39 is 24.7 Å². The van der Waals surface area contributed by atoms with Gasteiger partial charge in [0.25, 0.3) is 0 Å². The molecule has 4 aliphatic rings. The van der Waals surface area contributed by atoms with E-state index in [2.05, 4.69) is 44.1 Å². The van der Waals surface area contributed by atoms with Gasteiger partial charge in [0.15, 0.2) is 6.61 Å². The van der Waals surface area contributed by atoms with Crippen LogP contribution in [0.25, 0.3) is 0 Å². The Kier molecular flexibility index (Phi) is 11.1. The number of amides is 1. The van der Waals surface area contributed by atoms with Gasteiger partial charge in [-0.3, -0.25) is 4.79 Å². The summed E-state index contributed by atoms with van der Waals surface area (Å²) in [4.78, 5) is 30.4. The van der Waals surface area contributed by atoms with Crippen LogP contribution in [-0.2, 0) is 14.3 Å². The summed E-state index contributed by atoms with van der Waals surface area (Å²) in [6, 6.07) is 17.3. The van der Waals surface area contributed by atoms with E-state index in [0.717, 1.165) is 43.6 Å². The lowest BCUT2D eigenvalue weighted by atomic mass is 9.94. The Morgan fingerprint density at radius 1 is 0.750 bits per heavy atom. The number of halogens is 3. The Morgan fingerprint density at radius 2 is 1.32 bits per heavy atom. The van der Waals surface area contributed by atoms with Gasteiger partial charge in [-0.2, -0.15) is 13.2 Å². The van der Waals surface area contributed by atoms with E-state index >= 15 is 0 Å². The van der Waals surface area contributed by atoms with Crippen molar-refractivity contribution in [3.8, 4) is 0 Å². The minimum absolute atomic E-state index is 0.327. The topological polar surface area (TPSA) is 65.1 Å². The number of piperidine rings is 2. The zero-order valence-electron chi connectivity index (χ0n) is 25.5. The van der Waals surface area contributed by atoms with Crippen LogP contribution < -0.4 is 15.1 Å². The molecule has 44 heavy (non-hydrogen) atoms. The third-order valence-electron chi connectivity index (χ3n) is 9.09. The Morgan fingerprint density at radius 3 is 1.91 bits per heavy atom. The van der Waals surface area contributed by atoms with Gasteiger partial charge >= 0.3 is 18.1 Å². The number of esters is 1. The molecule has 0 saturated carbocycles. The molecule has 2 atom stereocenters. The molecule has 4 aliphatic heterocycles. The molecule has 240 valence electrons. The summed E-state index contributed by atoms with van der Waals surface area (Å²) >= 11 is 0. The molecular formula is C34H45F3N4O3. The minimum Gasteiger partial charge on any atom is -0.449 e. The SMILES string of the molecule is O=C(OCC(F)(F)F)C(=O)N1CCCCC1c1cccc(N2CCCC2)c1.c1cc(C2CCCCN2)cc(N2CCCC2)c1. The number of ether oxygens (including phenoxy) is 1. The smallest absolute Gasteiger partial charge is 0.422 e. The summed E-state index contributed by atoms with van der Waals surface area (Å²) in [7, 11) is 0. The van der Waals surface area contributed by atoms with E-state index in [1.54, 1.807) is 0 Å². The van der Waals surface area contributed by atoms with Crippen molar-refractivity contribution in [2.24, 2.45) is 0 Å². The lowest BCUT2D eigenvalue weighted by Crippen LogP contribution is -2.43. The molecule has 2 unspecified atom stereocenters. The molecule has 0 aromatic heterocycles. The maximum absolute atomic E-state index is 12.4. The number of hydrogen-bond acceptors (Lipinski definition) is 6. The van der Waals surface area contributed by atoms with E-state index in [0.29, 0.717) is 25.4 Å². The fraction of sp³-hybridized carbons (Fsp3) is 0.588. The molecule has 7 nitrogen and oxygen atoms in total. The van der Waals surface area contributed by atoms with E-state index in [9.17, 15) is 22.8 Å². The Labute approximate surface area is 258 Å². The van der Waals surface area contributed by atoms with Gasteiger partial charge in [-0.1, -0.05) is 30.7 Å². The highest BCUT2D eigenvalue weighted by atomic mass is 19.4. The minimum atomic E-state index is -4.65. The number of nitrogens with zero attached hydrogens (tertiary/aromatic N) is 3. The quantitative estimate of drug-likeness (QED) is 0.305. The van der Waals surface area contributed by atoms with Crippen molar-refractivity contribution in [2.45, 2.75) is 82.5 Å². The molecule has 1 amide bonds. The molecule has 4 fully saturated rings. The molecule has 0 spiro atoms. The number of benzene rings is 2. The first-order valence-electron chi connectivity index (χ1n) is 16.3. The maximum atomic E-state index is 12.4. The second-order valence-corrected chi connectivity index (χ2v) is 12.3. The number of likely N-dealkylation sites (tertiary alicyclic amines) is 1. The molecule has 4 saturated heterocycles. The molecule has 2 aromatic rings. The third kappa shape index (κ3) is 8.67. The van der Waals surface area contributed by atoms with E-state index in [4.69, 9.17) is 0 Å². The van der Waals surface area contributed by atoms with E-state index in [1.165, 1.54) is 67.9 Å². The summed E-state index contributed by atoms with van der Waals surface area (Å²) in [6.45, 7) is 4.21. The average molecular weight is 615 g/mol. The van der Waals surface area contributed by atoms with Gasteiger partial charge in [0.2, 0.25) is 0 Å². The monoisotopic (exact) mass is 614 g/mol. The van der Waals surface area contributed by atoms with Crippen molar-refractivity contribution < 1.29 is 27.5 Å². The Hall–Kier alpha value is -3.27. The second kappa shape index (κ2) is 15.1. The Bertz CT molecular complexity index is 1240. The van der Waals surface area contributed by atoms with Crippen LogP contribution in [0.2, 0.25) is 0 Å². The molecule has 1 N–H and O–H groups in total. The van der Waals surface area contributed by atoms with Gasteiger partial charge in [-0.15, -0.1) is 0 Å². The van der Waals surface area contributed by atoms with Crippen LogP contribution in [0.5, 0.6) is 0 Å². The predicted molar refractivity (Wildman–Crippen MR) is 166 cm³/mol. The largest absolute Gasteiger partial charge is 0.449 e. The van der Waals surface area contributed by atoms with Crippen LogP contribution >= 0.6 is 0 Å². The second-order valence-electron chi connectivity index (χ2n) is 12.3. The number of rotatable bonds is 5. The molecule has 6 rings (SSSR count). The van der Waals surface area contributed by atoms with Gasteiger partial charge in [-0.05, 0) is 99.7 Å². The number of carbonyl (C=O) groups excluding carboxylic acids is 2.